The normalized spacial score (nSPS) is 13.0. The number of nitrogens with one attached hydrogen (secondary N) is 2. The first-order valence-corrected chi connectivity index (χ1v) is 8.80. The Hall–Kier alpha value is -2.62. The van der Waals surface area contributed by atoms with Crippen LogP contribution in [-0.2, 0) is 17.6 Å². The van der Waals surface area contributed by atoms with E-state index < -0.39 is 0 Å². The highest BCUT2D eigenvalue weighted by atomic mass is 16.2. The van der Waals surface area contributed by atoms with Crippen molar-refractivity contribution in [2.24, 2.45) is 0 Å². The molecule has 1 aliphatic carbocycles. The maximum Gasteiger partial charge on any atom is 0.251 e. The van der Waals surface area contributed by atoms with Crippen LogP contribution in [-0.4, -0.2) is 18.4 Å². The van der Waals surface area contributed by atoms with Crippen molar-refractivity contribution in [3.63, 3.8) is 0 Å². The topological polar surface area (TPSA) is 58.2 Å². The number of hydrogen-bond donors (Lipinski definition) is 2. The standard InChI is InChI=1S/C21H24N2O2/c1-14-10-15(2)12-17(11-14)21(25)22-13-20(24)23-19-9-5-7-16-6-3-4-8-18(16)19/h5,7,9-12H,3-4,6,8,13H2,1-2H3,(H,22,25)(H,23,24). The second kappa shape index (κ2) is 7.51. The molecule has 0 bridgehead atoms. The molecule has 4 heteroatoms. The predicted molar refractivity (Wildman–Crippen MR) is 100.0 cm³/mol. The molecule has 25 heavy (non-hydrogen) atoms. The third kappa shape index (κ3) is 4.27. The number of carbonyl (C=O) groups excluding carboxylic acids is 2. The van der Waals surface area contributed by atoms with E-state index in [4.69, 9.17) is 0 Å². The summed E-state index contributed by atoms with van der Waals surface area (Å²) in [5.41, 5.74) is 6.09. The first-order chi connectivity index (χ1) is 12.0. The van der Waals surface area contributed by atoms with E-state index in [2.05, 4.69) is 16.7 Å². The Balaban J connectivity index is 1.61. The predicted octanol–water partition coefficient (Wildman–Crippen LogP) is 3.55. The second-order valence-electron chi connectivity index (χ2n) is 6.76. The minimum absolute atomic E-state index is 0.0323. The molecule has 4 nitrogen and oxygen atoms in total. The third-order valence-electron chi connectivity index (χ3n) is 4.56. The molecule has 0 radical (unpaired) electrons. The molecule has 2 amide bonds. The van der Waals surface area contributed by atoms with E-state index in [1.54, 1.807) is 0 Å². The molecule has 0 aliphatic heterocycles. The van der Waals surface area contributed by atoms with Crippen molar-refractivity contribution in [1.82, 2.24) is 5.32 Å². The van der Waals surface area contributed by atoms with E-state index in [-0.39, 0.29) is 18.4 Å². The summed E-state index contributed by atoms with van der Waals surface area (Å²) < 4.78 is 0. The van der Waals surface area contributed by atoms with Crippen LogP contribution >= 0.6 is 0 Å². The van der Waals surface area contributed by atoms with Crippen LogP contribution in [0.15, 0.2) is 36.4 Å². The number of carbonyl (C=O) groups is 2. The van der Waals surface area contributed by atoms with Crippen molar-refractivity contribution < 1.29 is 9.59 Å². The lowest BCUT2D eigenvalue weighted by atomic mass is 9.90. The molecule has 2 aromatic rings. The number of fused-ring (bicyclic) bond motifs is 1. The highest BCUT2D eigenvalue weighted by molar-refractivity contribution is 5.99. The van der Waals surface area contributed by atoms with E-state index in [9.17, 15) is 9.59 Å². The minimum atomic E-state index is -0.225. The minimum Gasteiger partial charge on any atom is -0.343 e. The van der Waals surface area contributed by atoms with Gasteiger partial charge in [-0.1, -0.05) is 29.3 Å². The van der Waals surface area contributed by atoms with Crippen LogP contribution in [0.1, 0.15) is 45.5 Å². The molecule has 2 aromatic carbocycles. The Labute approximate surface area is 148 Å². The van der Waals surface area contributed by atoms with E-state index in [0.717, 1.165) is 36.1 Å². The summed E-state index contributed by atoms with van der Waals surface area (Å²) in [6.45, 7) is 3.87. The first kappa shape index (κ1) is 17.2. The zero-order chi connectivity index (χ0) is 17.8. The maximum absolute atomic E-state index is 12.2. The molecule has 0 saturated carbocycles. The molecule has 0 heterocycles. The summed E-state index contributed by atoms with van der Waals surface area (Å²) in [6, 6.07) is 11.7. The smallest absolute Gasteiger partial charge is 0.251 e. The van der Waals surface area contributed by atoms with Gasteiger partial charge in [0.1, 0.15) is 0 Å². The van der Waals surface area contributed by atoms with Gasteiger partial charge < -0.3 is 10.6 Å². The first-order valence-electron chi connectivity index (χ1n) is 8.80. The SMILES string of the molecule is Cc1cc(C)cc(C(=O)NCC(=O)Nc2cccc3c2CCCC3)c1. The Morgan fingerprint density at radius 3 is 2.48 bits per heavy atom. The number of hydrogen-bond acceptors (Lipinski definition) is 2. The van der Waals surface area contributed by atoms with Crippen LogP contribution < -0.4 is 10.6 Å². The zero-order valence-corrected chi connectivity index (χ0v) is 14.8. The van der Waals surface area contributed by atoms with Crippen LogP contribution in [0, 0.1) is 13.8 Å². The van der Waals surface area contributed by atoms with Crippen LogP contribution in [0.2, 0.25) is 0 Å². The van der Waals surface area contributed by atoms with Gasteiger partial charge in [0.05, 0.1) is 6.54 Å². The van der Waals surface area contributed by atoms with E-state index in [1.807, 2.05) is 44.2 Å². The van der Waals surface area contributed by atoms with Gasteiger partial charge in [-0.25, -0.2) is 0 Å². The average Bonchev–Trinajstić information content (AvgIpc) is 2.59. The second-order valence-corrected chi connectivity index (χ2v) is 6.76. The molecule has 3 rings (SSSR count). The Kier molecular flexibility index (Phi) is 5.17. The van der Waals surface area contributed by atoms with E-state index in [1.165, 1.54) is 17.5 Å². The van der Waals surface area contributed by atoms with Gasteiger partial charge in [0.25, 0.3) is 5.91 Å². The van der Waals surface area contributed by atoms with Crippen molar-refractivity contribution in [2.75, 3.05) is 11.9 Å². The molecular weight excluding hydrogens is 312 g/mol. The number of aryl methyl sites for hydroxylation is 3. The summed E-state index contributed by atoms with van der Waals surface area (Å²) in [5, 5.41) is 5.65. The van der Waals surface area contributed by atoms with Gasteiger partial charge >= 0.3 is 0 Å². The fourth-order valence-electron chi connectivity index (χ4n) is 3.46. The Morgan fingerprint density at radius 2 is 1.72 bits per heavy atom. The quantitative estimate of drug-likeness (QED) is 0.897. The highest BCUT2D eigenvalue weighted by Gasteiger charge is 2.15. The number of anilines is 1. The van der Waals surface area contributed by atoms with Crippen LogP contribution in [0.5, 0.6) is 0 Å². The van der Waals surface area contributed by atoms with E-state index in [0.29, 0.717) is 5.56 Å². The van der Waals surface area contributed by atoms with Crippen molar-refractivity contribution in [1.29, 1.82) is 0 Å². The molecule has 0 fully saturated rings. The fraction of sp³-hybridized carbons (Fsp3) is 0.333. The molecular formula is C21H24N2O2. The summed E-state index contributed by atoms with van der Waals surface area (Å²) in [5.74, 6) is -0.422. The summed E-state index contributed by atoms with van der Waals surface area (Å²) >= 11 is 0. The zero-order valence-electron chi connectivity index (χ0n) is 14.8. The maximum atomic E-state index is 12.2. The van der Waals surface area contributed by atoms with Gasteiger partial charge in [-0.15, -0.1) is 0 Å². The largest absolute Gasteiger partial charge is 0.343 e. The summed E-state index contributed by atoms with van der Waals surface area (Å²) in [4.78, 5) is 24.5. The van der Waals surface area contributed by atoms with Gasteiger partial charge in [0.15, 0.2) is 0 Å². The number of amides is 2. The molecule has 0 atom stereocenters. The van der Waals surface area contributed by atoms with Crippen molar-refractivity contribution in [2.45, 2.75) is 39.5 Å². The average molecular weight is 336 g/mol. The van der Waals surface area contributed by atoms with Gasteiger partial charge in [-0.2, -0.15) is 0 Å². The number of rotatable bonds is 4. The van der Waals surface area contributed by atoms with Crippen molar-refractivity contribution >= 4 is 17.5 Å². The Bertz CT molecular complexity index is 791. The lowest BCUT2D eigenvalue weighted by Gasteiger charge is -2.19. The van der Waals surface area contributed by atoms with Gasteiger partial charge in [-0.3, -0.25) is 9.59 Å². The molecule has 2 N–H and O–H groups in total. The summed E-state index contributed by atoms with van der Waals surface area (Å²) in [7, 11) is 0. The van der Waals surface area contributed by atoms with Gasteiger partial charge in [0.2, 0.25) is 5.91 Å². The lowest BCUT2D eigenvalue weighted by Crippen LogP contribution is -2.33. The van der Waals surface area contributed by atoms with Gasteiger partial charge in [0, 0.05) is 11.3 Å². The third-order valence-corrected chi connectivity index (χ3v) is 4.56. The fourth-order valence-corrected chi connectivity index (χ4v) is 3.46. The Morgan fingerprint density at radius 1 is 1.00 bits per heavy atom. The highest BCUT2D eigenvalue weighted by Crippen LogP contribution is 2.27. The lowest BCUT2D eigenvalue weighted by molar-refractivity contribution is -0.115. The molecule has 130 valence electrons. The number of benzene rings is 2. The molecule has 0 saturated heterocycles. The van der Waals surface area contributed by atoms with Crippen LogP contribution in [0.4, 0.5) is 5.69 Å². The molecule has 0 aromatic heterocycles. The van der Waals surface area contributed by atoms with Crippen LogP contribution in [0.3, 0.4) is 0 Å². The van der Waals surface area contributed by atoms with Crippen LogP contribution in [0.25, 0.3) is 0 Å². The summed E-state index contributed by atoms with van der Waals surface area (Å²) in [6.07, 6.45) is 4.43. The molecule has 0 unspecified atom stereocenters. The van der Waals surface area contributed by atoms with Gasteiger partial charge in [-0.05, 0) is 68.9 Å². The van der Waals surface area contributed by atoms with E-state index >= 15 is 0 Å². The molecule has 0 spiro atoms. The molecule has 1 aliphatic rings. The monoisotopic (exact) mass is 336 g/mol. The van der Waals surface area contributed by atoms with Crippen molar-refractivity contribution in [3.05, 3.63) is 64.2 Å². The van der Waals surface area contributed by atoms with Crippen molar-refractivity contribution in [3.8, 4) is 0 Å².